The first-order valence-corrected chi connectivity index (χ1v) is 6.88. The van der Waals surface area contributed by atoms with Crippen LogP contribution in [0.15, 0.2) is 48.5 Å². The van der Waals surface area contributed by atoms with Crippen LogP contribution >= 0.6 is 23.8 Å². The van der Waals surface area contributed by atoms with Gasteiger partial charge >= 0.3 is 0 Å². The van der Waals surface area contributed by atoms with E-state index in [1.54, 1.807) is 24.3 Å². The van der Waals surface area contributed by atoms with E-state index in [0.717, 1.165) is 11.6 Å². The van der Waals surface area contributed by atoms with Gasteiger partial charge < -0.3 is 11.1 Å². The minimum atomic E-state index is -0.699. The molecule has 2 rings (SSSR count). The summed E-state index contributed by atoms with van der Waals surface area (Å²) in [6.45, 7) is 0. The smallest absolute Gasteiger partial charge is 0.255 e. The van der Waals surface area contributed by atoms with Crippen LogP contribution in [0.1, 0.15) is 22.0 Å². The third kappa shape index (κ3) is 3.77. The summed E-state index contributed by atoms with van der Waals surface area (Å²) >= 11 is 10.6. The fraction of sp³-hybridized carbons (Fsp3) is 0.0667. The number of carbonyl (C=O) groups is 1. The predicted octanol–water partition coefficient (Wildman–Crippen LogP) is 3.24. The van der Waals surface area contributed by atoms with Crippen molar-refractivity contribution >= 4 is 34.7 Å². The zero-order valence-corrected chi connectivity index (χ0v) is 12.4. The first kappa shape index (κ1) is 15.4. The SMILES string of the molecule is NC(=S)C(NC(=O)c1ccc(Cl)cc1F)c1ccccc1. The van der Waals surface area contributed by atoms with E-state index in [2.05, 4.69) is 5.32 Å². The lowest BCUT2D eigenvalue weighted by molar-refractivity contribution is 0.0943. The van der Waals surface area contributed by atoms with Crippen LogP contribution in [-0.2, 0) is 0 Å². The second-order valence-corrected chi connectivity index (χ2v) is 5.25. The highest BCUT2D eigenvalue weighted by Crippen LogP contribution is 2.17. The number of amides is 1. The third-order valence-corrected chi connectivity index (χ3v) is 3.34. The average Bonchev–Trinajstić information content (AvgIpc) is 2.45. The molecule has 3 nitrogen and oxygen atoms in total. The van der Waals surface area contributed by atoms with Gasteiger partial charge in [0.25, 0.3) is 5.91 Å². The number of carbonyl (C=O) groups excluding carboxylic acids is 1. The third-order valence-electron chi connectivity index (χ3n) is 2.87. The van der Waals surface area contributed by atoms with Crippen LogP contribution < -0.4 is 11.1 Å². The Labute approximate surface area is 131 Å². The number of thiocarbonyl (C=S) groups is 1. The van der Waals surface area contributed by atoms with Gasteiger partial charge in [0, 0.05) is 5.02 Å². The molecular weight excluding hydrogens is 311 g/mol. The molecule has 0 aliphatic carbocycles. The first-order chi connectivity index (χ1) is 9.99. The van der Waals surface area contributed by atoms with Crippen LogP contribution in [0.5, 0.6) is 0 Å². The molecule has 21 heavy (non-hydrogen) atoms. The Bertz CT molecular complexity index is 679. The summed E-state index contributed by atoms with van der Waals surface area (Å²) in [5.41, 5.74) is 6.27. The fourth-order valence-corrected chi connectivity index (χ4v) is 2.20. The Balaban J connectivity index is 2.25. The first-order valence-electron chi connectivity index (χ1n) is 6.09. The number of nitrogens with one attached hydrogen (secondary N) is 1. The molecular formula is C15H12ClFN2OS. The maximum atomic E-state index is 13.7. The molecule has 0 radical (unpaired) electrons. The standard InChI is InChI=1S/C15H12ClFN2OS/c16-10-6-7-11(12(17)8-10)15(20)19-13(14(18)21)9-4-2-1-3-5-9/h1-8,13H,(H2,18,21)(H,19,20). The van der Waals surface area contributed by atoms with Crippen molar-refractivity contribution in [2.45, 2.75) is 6.04 Å². The van der Waals surface area contributed by atoms with Crippen LogP contribution in [0.4, 0.5) is 4.39 Å². The highest BCUT2D eigenvalue weighted by molar-refractivity contribution is 7.80. The zero-order chi connectivity index (χ0) is 15.4. The number of hydrogen-bond donors (Lipinski definition) is 2. The van der Waals surface area contributed by atoms with Gasteiger partial charge in [0.2, 0.25) is 0 Å². The van der Waals surface area contributed by atoms with E-state index < -0.39 is 17.8 Å². The van der Waals surface area contributed by atoms with E-state index in [9.17, 15) is 9.18 Å². The Morgan fingerprint density at radius 3 is 2.48 bits per heavy atom. The highest BCUT2D eigenvalue weighted by Gasteiger charge is 2.20. The largest absolute Gasteiger partial charge is 0.391 e. The second kappa shape index (κ2) is 6.65. The number of rotatable bonds is 4. The van der Waals surface area contributed by atoms with Crippen LogP contribution in [-0.4, -0.2) is 10.9 Å². The quantitative estimate of drug-likeness (QED) is 0.850. The molecule has 0 saturated heterocycles. The van der Waals surface area contributed by atoms with Crippen molar-refractivity contribution in [3.05, 3.63) is 70.5 Å². The van der Waals surface area contributed by atoms with Gasteiger partial charge in [-0.2, -0.15) is 0 Å². The molecule has 0 heterocycles. The van der Waals surface area contributed by atoms with Crippen LogP contribution in [0.2, 0.25) is 5.02 Å². The summed E-state index contributed by atoms with van der Waals surface area (Å²) in [6.07, 6.45) is 0. The predicted molar refractivity (Wildman–Crippen MR) is 84.8 cm³/mol. The van der Waals surface area contributed by atoms with Gasteiger partial charge in [0.1, 0.15) is 16.8 Å². The van der Waals surface area contributed by atoms with Gasteiger partial charge in [-0.15, -0.1) is 0 Å². The summed E-state index contributed by atoms with van der Waals surface area (Å²) in [4.78, 5) is 12.3. The molecule has 0 fully saturated rings. The Hall–Kier alpha value is -1.98. The normalized spacial score (nSPS) is 11.7. The molecule has 2 aromatic carbocycles. The second-order valence-electron chi connectivity index (χ2n) is 4.34. The molecule has 1 amide bonds. The van der Waals surface area contributed by atoms with Gasteiger partial charge in [0.05, 0.1) is 5.56 Å². The molecule has 0 bridgehead atoms. The van der Waals surface area contributed by atoms with Crippen molar-refractivity contribution < 1.29 is 9.18 Å². The molecule has 1 unspecified atom stereocenters. The topological polar surface area (TPSA) is 55.1 Å². The summed E-state index contributed by atoms with van der Waals surface area (Å²) in [7, 11) is 0. The minimum Gasteiger partial charge on any atom is -0.391 e. The average molecular weight is 323 g/mol. The summed E-state index contributed by atoms with van der Waals surface area (Å²) < 4.78 is 13.7. The van der Waals surface area contributed by atoms with E-state index >= 15 is 0 Å². The number of hydrogen-bond acceptors (Lipinski definition) is 2. The lowest BCUT2D eigenvalue weighted by Crippen LogP contribution is -2.36. The Morgan fingerprint density at radius 2 is 1.90 bits per heavy atom. The lowest BCUT2D eigenvalue weighted by Gasteiger charge is -2.18. The molecule has 2 aromatic rings. The highest BCUT2D eigenvalue weighted by atomic mass is 35.5. The maximum absolute atomic E-state index is 13.7. The van der Waals surface area contributed by atoms with Gasteiger partial charge in [-0.1, -0.05) is 54.2 Å². The summed E-state index contributed by atoms with van der Waals surface area (Å²) in [6, 6.07) is 12.2. The van der Waals surface area contributed by atoms with Crippen molar-refractivity contribution in [3.63, 3.8) is 0 Å². The molecule has 0 spiro atoms. The van der Waals surface area contributed by atoms with Gasteiger partial charge in [-0.05, 0) is 23.8 Å². The van der Waals surface area contributed by atoms with Gasteiger partial charge in [-0.3, -0.25) is 4.79 Å². The van der Waals surface area contributed by atoms with E-state index in [1.807, 2.05) is 6.07 Å². The van der Waals surface area contributed by atoms with E-state index in [0.29, 0.717) is 0 Å². The van der Waals surface area contributed by atoms with Crippen molar-refractivity contribution in [3.8, 4) is 0 Å². The molecule has 6 heteroatoms. The van der Waals surface area contributed by atoms with Gasteiger partial charge in [0.15, 0.2) is 0 Å². The molecule has 0 aliphatic heterocycles. The fourth-order valence-electron chi connectivity index (χ4n) is 1.85. The number of halogens is 2. The van der Waals surface area contributed by atoms with Crippen LogP contribution in [0.25, 0.3) is 0 Å². The monoisotopic (exact) mass is 322 g/mol. The van der Waals surface area contributed by atoms with Gasteiger partial charge in [-0.25, -0.2) is 4.39 Å². The van der Waals surface area contributed by atoms with E-state index in [1.165, 1.54) is 12.1 Å². The van der Waals surface area contributed by atoms with Crippen LogP contribution in [0.3, 0.4) is 0 Å². The van der Waals surface area contributed by atoms with E-state index in [-0.39, 0.29) is 15.6 Å². The Morgan fingerprint density at radius 1 is 1.24 bits per heavy atom. The molecule has 0 saturated carbocycles. The molecule has 1 atom stereocenters. The minimum absolute atomic E-state index is 0.101. The van der Waals surface area contributed by atoms with Crippen LogP contribution in [0, 0.1) is 5.82 Å². The molecule has 108 valence electrons. The Kier molecular flexibility index (Phi) is 4.88. The number of benzene rings is 2. The van der Waals surface area contributed by atoms with Crippen molar-refractivity contribution in [1.29, 1.82) is 0 Å². The maximum Gasteiger partial charge on any atom is 0.255 e. The molecule has 0 aromatic heterocycles. The van der Waals surface area contributed by atoms with Crippen molar-refractivity contribution in [2.75, 3.05) is 0 Å². The number of nitrogens with two attached hydrogens (primary N) is 1. The summed E-state index contributed by atoms with van der Waals surface area (Å²) in [5.74, 6) is -1.31. The van der Waals surface area contributed by atoms with Crippen molar-refractivity contribution in [1.82, 2.24) is 5.32 Å². The molecule has 0 aliphatic rings. The van der Waals surface area contributed by atoms with Crippen molar-refractivity contribution in [2.24, 2.45) is 5.73 Å². The van der Waals surface area contributed by atoms with E-state index in [4.69, 9.17) is 29.6 Å². The molecule has 3 N–H and O–H groups in total. The lowest BCUT2D eigenvalue weighted by atomic mass is 10.1. The zero-order valence-electron chi connectivity index (χ0n) is 10.8. The summed E-state index contributed by atoms with van der Waals surface area (Å²) in [5, 5.41) is 2.84.